The minimum Gasteiger partial charge on any atom is -0.390 e. The van der Waals surface area contributed by atoms with E-state index >= 15 is 0 Å². The molecule has 236 valence electrons. The maximum Gasteiger partial charge on any atom is 0.416 e. The van der Waals surface area contributed by atoms with Crippen molar-refractivity contribution in [3.63, 3.8) is 0 Å². The molecular formula is C30H35F3N6O4S. The molecule has 2 aliphatic heterocycles. The lowest BCUT2D eigenvalue weighted by molar-refractivity contribution is -0.137. The summed E-state index contributed by atoms with van der Waals surface area (Å²) in [5, 5.41) is 15.8. The van der Waals surface area contributed by atoms with E-state index in [2.05, 4.69) is 4.90 Å². The van der Waals surface area contributed by atoms with Gasteiger partial charge in [-0.25, -0.2) is 13.2 Å². The zero-order valence-corrected chi connectivity index (χ0v) is 25.4. The molecule has 6 rings (SSSR count). The second-order valence-electron chi connectivity index (χ2n) is 11.8. The number of fused-ring (bicyclic) bond motifs is 2. The summed E-state index contributed by atoms with van der Waals surface area (Å²) in [7, 11) is -1.72. The Bertz CT molecular complexity index is 1840. The van der Waals surface area contributed by atoms with Crippen molar-refractivity contribution in [1.29, 1.82) is 0 Å². The Morgan fingerprint density at radius 3 is 2.30 bits per heavy atom. The summed E-state index contributed by atoms with van der Waals surface area (Å²) in [6.07, 6.45) is -2.25. The number of sulfonamides is 1. The number of piperidine rings is 1. The molecule has 1 fully saturated rings. The Kier molecular flexibility index (Phi) is 7.97. The zero-order valence-electron chi connectivity index (χ0n) is 24.5. The van der Waals surface area contributed by atoms with Crippen molar-refractivity contribution in [2.24, 2.45) is 7.05 Å². The van der Waals surface area contributed by atoms with Crippen LogP contribution in [0.1, 0.15) is 35.7 Å². The van der Waals surface area contributed by atoms with Gasteiger partial charge in [-0.15, -0.1) is 0 Å². The summed E-state index contributed by atoms with van der Waals surface area (Å²) in [6.45, 7) is 2.26. The van der Waals surface area contributed by atoms with E-state index < -0.39 is 27.9 Å². The Balaban J connectivity index is 1.18. The van der Waals surface area contributed by atoms with Crippen molar-refractivity contribution in [1.82, 2.24) is 28.1 Å². The van der Waals surface area contributed by atoms with Crippen molar-refractivity contribution >= 4 is 21.1 Å². The highest BCUT2D eigenvalue weighted by Gasteiger charge is 2.33. The van der Waals surface area contributed by atoms with Gasteiger partial charge < -0.3 is 10.0 Å². The highest BCUT2D eigenvalue weighted by atomic mass is 32.2. The minimum absolute atomic E-state index is 0.0357. The molecule has 2 aliphatic rings. The molecular weight excluding hydrogens is 597 g/mol. The van der Waals surface area contributed by atoms with E-state index in [0.717, 1.165) is 48.0 Å². The van der Waals surface area contributed by atoms with E-state index in [9.17, 15) is 31.5 Å². The van der Waals surface area contributed by atoms with Crippen LogP contribution >= 0.6 is 0 Å². The Hall–Kier alpha value is -3.46. The number of alkyl halides is 3. The molecule has 44 heavy (non-hydrogen) atoms. The standard InChI is InChI=1S/C30H35F3N6O4S/c1-35-26-5-3-4-6-27(26)39(29(35)41)22-11-14-36(15-12-22)17-23(40)18-38-25-13-16-37(44(2,42)43)19-24(25)28(34-38)20-7-9-21(10-8-20)30(31,32)33/h3-10,22-23,40H,11-19H2,1-2H3/t23-/m1/s1. The fourth-order valence-corrected chi connectivity index (χ4v) is 7.32. The van der Waals surface area contributed by atoms with Gasteiger partial charge in [0.2, 0.25) is 10.0 Å². The molecule has 1 N–H and O–H groups in total. The van der Waals surface area contributed by atoms with Gasteiger partial charge in [0.25, 0.3) is 0 Å². The van der Waals surface area contributed by atoms with Crippen molar-refractivity contribution in [3.8, 4) is 11.3 Å². The number of rotatable bonds is 7. The fraction of sp³-hybridized carbons (Fsp3) is 0.467. The highest BCUT2D eigenvalue weighted by molar-refractivity contribution is 7.88. The Labute approximate surface area is 253 Å². The molecule has 4 heterocycles. The van der Waals surface area contributed by atoms with Crippen LogP contribution in [0.5, 0.6) is 0 Å². The van der Waals surface area contributed by atoms with Crippen LogP contribution in [-0.2, 0) is 42.8 Å². The third kappa shape index (κ3) is 5.83. The lowest BCUT2D eigenvalue weighted by atomic mass is 10.0. The van der Waals surface area contributed by atoms with E-state index in [0.29, 0.717) is 42.9 Å². The smallest absolute Gasteiger partial charge is 0.390 e. The summed E-state index contributed by atoms with van der Waals surface area (Å²) in [4.78, 5) is 15.1. The van der Waals surface area contributed by atoms with Gasteiger partial charge in [0.15, 0.2) is 0 Å². The number of aliphatic hydroxyl groups is 1. The van der Waals surface area contributed by atoms with Gasteiger partial charge in [0.1, 0.15) is 0 Å². The first-order valence-electron chi connectivity index (χ1n) is 14.6. The molecule has 1 atom stereocenters. The van der Waals surface area contributed by atoms with E-state index in [1.807, 2.05) is 28.8 Å². The quantitative estimate of drug-likeness (QED) is 0.336. The average molecular weight is 633 g/mol. The van der Waals surface area contributed by atoms with E-state index in [4.69, 9.17) is 5.10 Å². The maximum absolute atomic E-state index is 13.2. The number of benzene rings is 2. The number of aryl methyl sites for hydroxylation is 1. The van der Waals surface area contributed by atoms with E-state index in [1.165, 1.54) is 16.4 Å². The van der Waals surface area contributed by atoms with Crippen LogP contribution < -0.4 is 5.69 Å². The number of para-hydroxylation sites is 2. The largest absolute Gasteiger partial charge is 0.416 e. The van der Waals surface area contributed by atoms with Gasteiger partial charge >= 0.3 is 11.9 Å². The van der Waals surface area contributed by atoms with Crippen molar-refractivity contribution in [2.75, 3.05) is 32.4 Å². The van der Waals surface area contributed by atoms with Crippen LogP contribution in [0.3, 0.4) is 0 Å². The van der Waals surface area contributed by atoms with Crippen LogP contribution in [0.2, 0.25) is 0 Å². The predicted molar refractivity (Wildman–Crippen MR) is 160 cm³/mol. The van der Waals surface area contributed by atoms with Gasteiger partial charge in [-0.3, -0.25) is 13.8 Å². The van der Waals surface area contributed by atoms with Gasteiger partial charge in [-0.2, -0.15) is 22.6 Å². The average Bonchev–Trinajstić information content (AvgIpc) is 3.46. The Morgan fingerprint density at radius 1 is 1.00 bits per heavy atom. The SMILES string of the molecule is Cn1c(=O)n(C2CCN(C[C@@H](O)Cn3nc(-c4ccc(C(F)(F)F)cc4)c4c3CCN(S(C)(=O)=O)C4)CC2)c2ccccc21. The van der Waals surface area contributed by atoms with E-state index in [1.54, 1.807) is 16.3 Å². The second kappa shape index (κ2) is 11.5. The first-order chi connectivity index (χ1) is 20.8. The first kappa shape index (κ1) is 30.6. The number of halogens is 3. The number of likely N-dealkylation sites (tertiary alicyclic amines) is 1. The van der Waals surface area contributed by atoms with Crippen LogP contribution in [0.4, 0.5) is 13.2 Å². The monoisotopic (exact) mass is 632 g/mol. The lowest BCUT2D eigenvalue weighted by Gasteiger charge is -2.33. The second-order valence-corrected chi connectivity index (χ2v) is 13.7. The number of hydrogen-bond donors (Lipinski definition) is 1. The molecule has 0 aliphatic carbocycles. The molecule has 2 aromatic heterocycles. The topological polar surface area (TPSA) is 106 Å². The number of β-amino-alcohol motifs (C(OH)–C–C–N with tert-alkyl or cyclic N) is 1. The van der Waals surface area contributed by atoms with E-state index in [-0.39, 0.29) is 31.4 Å². The molecule has 0 saturated carbocycles. The summed E-state index contributed by atoms with van der Waals surface area (Å²) in [6, 6.07) is 12.5. The number of nitrogens with zero attached hydrogens (tertiary/aromatic N) is 6. The zero-order chi connectivity index (χ0) is 31.4. The van der Waals surface area contributed by atoms with Crippen LogP contribution in [-0.4, -0.2) is 80.2 Å². The van der Waals surface area contributed by atoms with Crippen molar-refractivity contribution in [3.05, 3.63) is 75.8 Å². The normalized spacial score (nSPS) is 18.1. The number of aromatic nitrogens is 4. The van der Waals surface area contributed by atoms with Gasteiger partial charge in [-0.1, -0.05) is 24.3 Å². The highest BCUT2D eigenvalue weighted by Crippen LogP contribution is 2.34. The molecule has 0 radical (unpaired) electrons. The first-order valence-corrected chi connectivity index (χ1v) is 16.4. The number of aliphatic hydroxyl groups excluding tert-OH is 1. The molecule has 1 saturated heterocycles. The van der Waals surface area contributed by atoms with Gasteiger partial charge in [-0.05, 0) is 37.1 Å². The van der Waals surface area contributed by atoms with Gasteiger partial charge in [0, 0.05) is 69.1 Å². The molecule has 14 heteroatoms. The fourth-order valence-electron chi connectivity index (χ4n) is 6.54. The molecule has 4 aromatic rings. The van der Waals surface area contributed by atoms with Crippen LogP contribution in [0, 0.1) is 0 Å². The molecule has 0 spiro atoms. The molecule has 0 amide bonds. The lowest BCUT2D eigenvalue weighted by Crippen LogP contribution is -2.42. The summed E-state index contributed by atoms with van der Waals surface area (Å²) in [5.41, 5.74) is 3.26. The molecule has 10 nitrogen and oxygen atoms in total. The van der Waals surface area contributed by atoms with Crippen molar-refractivity contribution < 1.29 is 26.7 Å². The van der Waals surface area contributed by atoms with Gasteiger partial charge in [0.05, 0.1) is 41.2 Å². The minimum atomic E-state index is -4.48. The third-order valence-corrected chi connectivity index (χ3v) is 10.1. The summed E-state index contributed by atoms with van der Waals surface area (Å²) >= 11 is 0. The maximum atomic E-state index is 13.2. The number of hydrogen-bond acceptors (Lipinski definition) is 6. The molecule has 2 aromatic carbocycles. The molecule has 0 unspecified atom stereocenters. The van der Waals surface area contributed by atoms with Crippen LogP contribution in [0.15, 0.2) is 53.3 Å². The van der Waals surface area contributed by atoms with Crippen molar-refractivity contribution in [2.45, 2.75) is 50.7 Å². The number of imidazole rings is 1. The van der Waals surface area contributed by atoms with Crippen LogP contribution in [0.25, 0.3) is 22.3 Å². The summed E-state index contributed by atoms with van der Waals surface area (Å²) < 4.78 is 70.7. The molecule has 0 bridgehead atoms. The summed E-state index contributed by atoms with van der Waals surface area (Å²) in [5.74, 6) is 0. The Morgan fingerprint density at radius 2 is 1.66 bits per heavy atom. The predicted octanol–water partition coefficient (Wildman–Crippen LogP) is 3.24. The third-order valence-electron chi connectivity index (χ3n) is 8.82.